The predicted octanol–water partition coefficient (Wildman–Crippen LogP) is 4.15. The molecule has 1 aliphatic rings. The molecule has 1 aliphatic heterocycles. The number of amidine groups is 1. The number of carbonyl (C=O) groups is 1. The van der Waals surface area contributed by atoms with Crippen LogP contribution < -0.4 is 4.74 Å². The number of aryl methyl sites for hydroxylation is 1. The Morgan fingerprint density at radius 3 is 2.56 bits per heavy atom. The van der Waals surface area contributed by atoms with E-state index in [9.17, 15) is 14.9 Å². The molecule has 1 fully saturated rings. The van der Waals surface area contributed by atoms with Crippen molar-refractivity contribution in [2.24, 2.45) is 4.99 Å². The number of nitro groups is 1. The zero-order valence-electron chi connectivity index (χ0n) is 15.0. The van der Waals surface area contributed by atoms with Crippen LogP contribution in [-0.4, -0.2) is 35.1 Å². The van der Waals surface area contributed by atoms with E-state index < -0.39 is 4.92 Å². The lowest BCUT2D eigenvalue weighted by molar-refractivity contribution is -0.385. The number of thioether (sulfide) groups is 1. The van der Waals surface area contributed by atoms with Crippen LogP contribution in [0.5, 0.6) is 5.75 Å². The van der Waals surface area contributed by atoms with Crippen molar-refractivity contribution in [3.05, 3.63) is 68.6 Å². The Morgan fingerprint density at radius 1 is 1.22 bits per heavy atom. The van der Waals surface area contributed by atoms with Crippen molar-refractivity contribution in [1.82, 2.24) is 4.90 Å². The molecular weight excluding hydrogens is 366 g/mol. The lowest BCUT2D eigenvalue weighted by Gasteiger charge is -2.07. The highest BCUT2D eigenvalue weighted by atomic mass is 32.2. The van der Waals surface area contributed by atoms with E-state index in [0.29, 0.717) is 15.6 Å². The van der Waals surface area contributed by atoms with Crippen molar-refractivity contribution < 1.29 is 14.5 Å². The van der Waals surface area contributed by atoms with Gasteiger partial charge in [0.1, 0.15) is 0 Å². The summed E-state index contributed by atoms with van der Waals surface area (Å²) in [7, 11) is 3.03. The predicted molar refractivity (Wildman–Crippen MR) is 106 cm³/mol. The molecule has 1 saturated heterocycles. The molecule has 0 bridgehead atoms. The summed E-state index contributed by atoms with van der Waals surface area (Å²) >= 11 is 1.23. The van der Waals surface area contributed by atoms with Crippen LogP contribution in [0.3, 0.4) is 0 Å². The molecule has 0 radical (unpaired) electrons. The Balaban J connectivity index is 1.91. The number of hydrogen-bond donors (Lipinski definition) is 0. The first-order chi connectivity index (χ1) is 12.9. The minimum atomic E-state index is -0.513. The number of rotatable bonds is 4. The lowest BCUT2D eigenvalue weighted by atomic mass is 10.1. The second-order valence-electron chi connectivity index (χ2n) is 5.89. The van der Waals surface area contributed by atoms with E-state index in [1.54, 1.807) is 19.2 Å². The third-order valence-electron chi connectivity index (χ3n) is 3.96. The van der Waals surface area contributed by atoms with Gasteiger partial charge in [-0.25, -0.2) is 4.99 Å². The molecule has 0 atom stereocenters. The summed E-state index contributed by atoms with van der Waals surface area (Å²) in [5, 5.41) is 11.7. The molecule has 27 heavy (non-hydrogen) atoms. The quantitative estimate of drug-likeness (QED) is 0.450. The summed E-state index contributed by atoms with van der Waals surface area (Å²) in [5.41, 5.74) is 2.28. The van der Waals surface area contributed by atoms with Gasteiger partial charge in [0.15, 0.2) is 10.9 Å². The summed E-state index contributed by atoms with van der Waals surface area (Å²) < 4.78 is 5.00. The molecule has 0 saturated carbocycles. The number of hydrogen-bond acceptors (Lipinski definition) is 6. The van der Waals surface area contributed by atoms with Gasteiger partial charge in [0.25, 0.3) is 5.91 Å². The Kier molecular flexibility index (Phi) is 5.27. The van der Waals surface area contributed by atoms with Gasteiger partial charge in [-0.1, -0.05) is 23.8 Å². The summed E-state index contributed by atoms with van der Waals surface area (Å²) in [4.78, 5) is 29.6. The molecule has 0 aromatic heterocycles. The average molecular weight is 383 g/mol. The molecule has 138 valence electrons. The molecule has 0 spiro atoms. The van der Waals surface area contributed by atoms with Gasteiger partial charge in [-0.15, -0.1) is 0 Å². The number of ether oxygens (including phenoxy) is 1. The first-order valence-corrected chi connectivity index (χ1v) is 8.86. The van der Waals surface area contributed by atoms with E-state index in [1.165, 1.54) is 35.9 Å². The van der Waals surface area contributed by atoms with E-state index in [2.05, 4.69) is 4.99 Å². The lowest BCUT2D eigenvalue weighted by Crippen LogP contribution is -2.23. The van der Waals surface area contributed by atoms with Gasteiger partial charge >= 0.3 is 5.69 Å². The fourth-order valence-corrected chi connectivity index (χ4v) is 3.46. The number of nitro benzene ring substituents is 1. The van der Waals surface area contributed by atoms with Crippen LogP contribution in [0.1, 0.15) is 11.1 Å². The molecule has 2 aromatic rings. The summed E-state index contributed by atoms with van der Waals surface area (Å²) in [6.07, 6.45) is 1.62. The third-order valence-corrected chi connectivity index (χ3v) is 5.02. The fourth-order valence-electron chi connectivity index (χ4n) is 2.47. The van der Waals surface area contributed by atoms with Gasteiger partial charge in [0.2, 0.25) is 0 Å². The zero-order chi connectivity index (χ0) is 19.6. The van der Waals surface area contributed by atoms with Crippen LogP contribution in [0, 0.1) is 17.0 Å². The number of likely N-dealkylation sites (N-methyl/N-ethyl adjacent to an activating group) is 1. The summed E-state index contributed by atoms with van der Waals surface area (Å²) in [6, 6.07) is 12.2. The molecule has 2 aromatic carbocycles. The van der Waals surface area contributed by atoms with E-state index >= 15 is 0 Å². The molecule has 0 N–H and O–H groups in total. The highest BCUT2D eigenvalue weighted by Crippen LogP contribution is 2.35. The number of aliphatic imine (C=N–C) groups is 1. The first kappa shape index (κ1) is 18.7. The van der Waals surface area contributed by atoms with Crippen molar-refractivity contribution in [3.63, 3.8) is 0 Å². The van der Waals surface area contributed by atoms with Crippen molar-refractivity contribution in [1.29, 1.82) is 0 Å². The number of amides is 1. The van der Waals surface area contributed by atoms with Crippen LogP contribution in [0.2, 0.25) is 0 Å². The molecule has 0 aliphatic carbocycles. The Hall–Kier alpha value is -3.13. The highest BCUT2D eigenvalue weighted by Gasteiger charge is 2.30. The molecule has 0 unspecified atom stereocenters. The number of carbonyl (C=O) groups excluding carboxylic acids is 1. The monoisotopic (exact) mass is 383 g/mol. The van der Waals surface area contributed by atoms with Gasteiger partial charge < -0.3 is 4.74 Å². The van der Waals surface area contributed by atoms with Crippen molar-refractivity contribution in [2.75, 3.05) is 14.2 Å². The second kappa shape index (κ2) is 7.63. The van der Waals surface area contributed by atoms with Gasteiger partial charge in [-0.3, -0.25) is 19.8 Å². The standard InChI is InChI=1S/C19H17N3O4S/c1-12-4-7-14(8-5-12)20-19-21(2)18(23)17(27-19)11-13-6-9-16(26-3)15(10-13)22(24)25/h4-11H,1-3H3/b17-11+,20-19?. The van der Waals surface area contributed by atoms with Crippen molar-refractivity contribution >= 4 is 40.3 Å². The normalized spacial score (nSPS) is 17.0. The third kappa shape index (κ3) is 4.01. The van der Waals surface area contributed by atoms with E-state index in [1.807, 2.05) is 31.2 Å². The maximum Gasteiger partial charge on any atom is 0.311 e. The second-order valence-corrected chi connectivity index (χ2v) is 6.90. The maximum atomic E-state index is 12.5. The van der Waals surface area contributed by atoms with Gasteiger partial charge in [-0.2, -0.15) is 0 Å². The first-order valence-electron chi connectivity index (χ1n) is 8.04. The van der Waals surface area contributed by atoms with Crippen LogP contribution in [0.15, 0.2) is 52.4 Å². The Bertz CT molecular complexity index is 967. The van der Waals surface area contributed by atoms with Gasteiger partial charge in [0, 0.05) is 13.1 Å². The summed E-state index contributed by atoms with van der Waals surface area (Å²) in [5.74, 6) is -0.0318. The topological polar surface area (TPSA) is 85.0 Å². The van der Waals surface area contributed by atoms with Crippen molar-refractivity contribution in [3.8, 4) is 5.75 Å². The molecule has 1 amide bonds. The smallest absolute Gasteiger partial charge is 0.311 e. The molecule has 8 heteroatoms. The number of benzene rings is 2. The van der Waals surface area contributed by atoms with E-state index in [4.69, 9.17) is 4.74 Å². The molecule has 7 nitrogen and oxygen atoms in total. The largest absolute Gasteiger partial charge is 0.490 e. The summed E-state index contributed by atoms with van der Waals surface area (Å²) in [6.45, 7) is 1.99. The highest BCUT2D eigenvalue weighted by molar-refractivity contribution is 8.18. The minimum Gasteiger partial charge on any atom is -0.490 e. The number of nitrogens with zero attached hydrogens (tertiary/aromatic N) is 3. The van der Waals surface area contributed by atoms with E-state index in [0.717, 1.165) is 11.3 Å². The van der Waals surface area contributed by atoms with Crippen molar-refractivity contribution in [2.45, 2.75) is 6.92 Å². The van der Waals surface area contributed by atoms with E-state index in [-0.39, 0.29) is 17.3 Å². The fraction of sp³-hybridized carbons (Fsp3) is 0.158. The Labute approximate surface area is 160 Å². The van der Waals surface area contributed by atoms with Crippen LogP contribution in [-0.2, 0) is 4.79 Å². The van der Waals surface area contributed by atoms with Crippen LogP contribution >= 0.6 is 11.8 Å². The number of methoxy groups -OCH3 is 1. The van der Waals surface area contributed by atoms with Crippen LogP contribution in [0.4, 0.5) is 11.4 Å². The van der Waals surface area contributed by atoms with Gasteiger partial charge in [0.05, 0.1) is 22.6 Å². The molecule has 1 heterocycles. The minimum absolute atomic E-state index is 0.149. The SMILES string of the molecule is COc1ccc(/C=C2/SC(=Nc3ccc(C)cc3)N(C)C2=O)cc1[N+](=O)[O-]. The Morgan fingerprint density at radius 2 is 1.93 bits per heavy atom. The molecular formula is C19H17N3O4S. The van der Waals surface area contributed by atoms with Crippen LogP contribution in [0.25, 0.3) is 6.08 Å². The van der Waals surface area contributed by atoms with Gasteiger partial charge in [-0.05, 0) is 48.5 Å². The molecule has 3 rings (SSSR count). The zero-order valence-corrected chi connectivity index (χ0v) is 15.8. The maximum absolute atomic E-state index is 12.5. The average Bonchev–Trinajstić information content (AvgIpc) is 2.91.